The molecule has 2 aromatic carbocycles. The Balaban J connectivity index is 1.84. The molecule has 0 bridgehead atoms. The molecule has 0 radical (unpaired) electrons. The fourth-order valence-electron chi connectivity index (χ4n) is 3.29. The summed E-state index contributed by atoms with van der Waals surface area (Å²) in [6, 6.07) is 15.3. The van der Waals surface area contributed by atoms with Crippen LogP contribution in [-0.2, 0) is 6.54 Å². The number of nitrogens with zero attached hydrogens (tertiary/aromatic N) is 3. The van der Waals surface area contributed by atoms with Crippen LogP contribution in [0.2, 0.25) is 0 Å². The maximum absolute atomic E-state index is 4.31. The first-order chi connectivity index (χ1) is 10.3. The van der Waals surface area contributed by atoms with E-state index >= 15 is 0 Å². The molecule has 0 amide bonds. The molecule has 0 fully saturated rings. The van der Waals surface area contributed by atoms with Gasteiger partial charge >= 0.3 is 0 Å². The van der Waals surface area contributed by atoms with E-state index in [-0.39, 0.29) is 0 Å². The molecular weight excluding hydrogens is 258 g/mol. The zero-order valence-corrected chi connectivity index (χ0v) is 12.0. The van der Waals surface area contributed by atoms with Crippen molar-refractivity contribution in [2.45, 2.75) is 12.5 Å². The summed E-state index contributed by atoms with van der Waals surface area (Å²) in [5, 5.41) is 1.11. The minimum Gasteiger partial charge on any atom is -0.301 e. The van der Waals surface area contributed by atoms with Gasteiger partial charge in [0.25, 0.3) is 0 Å². The van der Waals surface area contributed by atoms with Crippen molar-refractivity contribution in [1.82, 2.24) is 14.9 Å². The Morgan fingerprint density at radius 2 is 2.05 bits per heavy atom. The van der Waals surface area contributed by atoms with E-state index in [2.05, 4.69) is 64.4 Å². The smallest absolute Gasteiger partial charge is 0.116 e. The van der Waals surface area contributed by atoms with Crippen molar-refractivity contribution < 1.29 is 0 Å². The van der Waals surface area contributed by atoms with Gasteiger partial charge in [0.1, 0.15) is 6.33 Å². The molecule has 0 N–H and O–H groups in total. The third-order valence-corrected chi connectivity index (χ3v) is 4.30. The Bertz CT molecular complexity index is 797. The van der Waals surface area contributed by atoms with Gasteiger partial charge in [0.15, 0.2) is 0 Å². The van der Waals surface area contributed by atoms with Crippen LogP contribution in [0.15, 0.2) is 55.0 Å². The molecule has 0 spiro atoms. The van der Waals surface area contributed by atoms with Gasteiger partial charge in [0.2, 0.25) is 0 Å². The van der Waals surface area contributed by atoms with Gasteiger partial charge in [-0.15, -0.1) is 0 Å². The minimum atomic E-state index is 0.421. The molecule has 1 aliphatic rings. The average molecular weight is 275 g/mol. The van der Waals surface area contributed by atoms with Crippen LogP contribution in [0.4, 0.5) is 0 Å². The monoisotopic (exact) mass is 275 g/mol. The highest BCUT2D eigenvalue weighted by molar-refractivity contribution is 5.78. The standard InChI is InChI=1S/C18H17N3/c1-21-10-14-4-2-3-5-16(14)17(11-21)13-6-7-18-15(8-13)9-19-12-20-18/h2-9,12,17H,10-11H2,1H3. The second kappa shape index (κ2) is 4.93. The Hall–Kier alpha value is -2.26. The number of hydrogen-bond acceptors (Lipinski definition) is 3. The quantitative estimate of drug-likeness (QED) is 0.683. The van der Waals surface area contributed by atoms with E-state index < -0.39 is 0 Å². The number of likely N-dealkylation sites (N-methyl/N-ethyl adjacent to an activating group) is 1. The Morgan fingerprint density at radius 3 is 3.00 bits per heavy atom. The molecule has 4 rings (SSSR count). The highest BCUT2D eigenvalue weighted by atomic mass is 15.1. The maximum atomic E-state index is 4.31. The first-order valence-corrected chi connectivity index (χ1v) is 7.27. The van der Waals surface area contributed by atoms with Gasteiger partial charge in [-0.2, -0.15) is 0 Å². The molecule has 1 atom stereocenters. The zero-order valence-electron chi connectivity index (χ0n) is 12.0. The van der Waals surface area contributed by atoms with Crippen molar-refractivity contribution in [3.05, 3.63) is 71.7 Å². The minimum absolute atomic E-state index is 0.421. The lowest BCUT2D eigenvalue weighted by Gasteiger charge is -2.32. The molecule has 1 unspecified atom stereocenters. The van der Waals surface area contributed by atoms with Gasteiger partial charge in [-0.25, -0.2) is 9.97 Å². The molecule has 0 saturated heterocycles. The molecule has 2 heterocycles. The topological polar surface area (TPSA) is 29.0 Å². The van der Waals surface area contributed by atoms with Crippen LogP contribution in [-0.4, -0.2) is 28.5 Å². The van der Waals surface area contributed by atoms with Gasteiger partial charge in [-0.3, -0.25) is 0 Å². The van der Waals surface area contributed by atoms with Gasteiger partial charge in [-0.1, -0.05) is 30.3 Å². The van der Waals surface area contributed by atoms with Crippen molar-refractivity contribution in [2.24, 2.45) is 0 Å². The number of benzene rings is 2. The summed E-state index contributed by atoms with van der Waals surface area (Å²) in [6.07, 6.45) is 3.50. The van der Waals surface area contributed by atoms with Crippen molar-refractivity contribution in [3.63, 3.8) is 0 Å². The zero-order chi connectivity index (χ0) is 14.2. The van der Waals surface area contributed by atoms with Gasteiger partial charge in [0.05, 0.1) is 5.52 Å². The first-order valence-electron chi connectivity index (χ1n) is 7.27. The molecule has 0 aliphatic carbocycles. The first kappa shape index (κ1) is 12.5. The molecule has 104 valence electrons. The summed E-state index contributed by atoms with van der Waals surface area (Å²) in [6.45, 7) is 2.08. The fourth-order valence-corrected chi connectivity index (χ4v) is 3.29. The molecular formula is C18H17N3. The SMILES string of the molecule is CN1Cc2ccccc2C(c2ccc3ncncc3c2)C1. The van der Waals surface area contributed by atoms with Crippen molar-refractivity contribution >= 4 is 10.9 Å². The molecule has 0 saturated carbocycles. The summed E-state index contributed by atoms with van der Waals surface area (Å²) >= 11 is 0. The highest BCUT2D eigenvalue weighted by Crippen LogP contribution is 2.33. The summed E-state index contributed by atoms with van der Waals surface area (Å²) in [4.78, 5) is 10.8. The van der Waals surface area contributed by atoms with Crippen LogP contribution in [0.5, 0.6) is 0 Å². The molecule has 3 aromatic rings. The molecule has 1 aromatic heterocycles. The molecule has 21 heavy (non-hydrogen) atoms. The lowest BCUT2D eigenvalue weighted by atomic mass is 9.84. The second-order valence-corrected chi connectivity index (χ2v) is 5.79. The van der Waals surface area contributed by atoms with E-state index in [9.17, 15) is 0 Å². The van der Waals surface area contributed by atoms with Crippen molar-refractivity contribution in [2.75, 3.05) is 13.6 Å². The van der Waals surface area contributed by atoms with Crippen LogP contribution in [0.1, 0.15) is 22.6 Å². The van der Waals surface area contributed by atoms with Crippen LogP contribution >= 0.6 is 0 Å². The second-order valence-electron chi connectivity index (χ2n) is 5.79. The lowest BCUT2D eigenvalue weighted by molar-refractivity contribution is 0.295. The van der Waals surface area contributed by atoms with E-state index in [4.69, 9.17) is 0 Å². The van der Waals surface area contributed by atoms with E-state index in [0.29, 0.717) is 5.92 Å². The predicted octanol–water partition coefficient (Wildman–Crippen LogP) is 3.21. The normalized spacial score (nSPS) is 18.6. The predicted molar refractivity (Wildman–Crippen MR) is 84.2 cm³/mol. The van der Waals surface area contributed by atoms with Crippen molar-refractivity contribution in [1.29, 1.82) is 0 Å². The lowest BCUT2D eigenvalue weighted by Crippen LogP contribution is -2.30. The van der Waals surface area contributed by atoms with Crippen LogP contribution < -0.4 is 0 Å². The summed E-state index contributed by atoms with van der Waals surface area (Å²) in [7, 11) is 2.19. The maximum Gasteiger partial charge on any atom is 0.116 e. The molecule has 1 aliphatic heterocycles. The van der Waals surface area contributed by atoms with Gasteiger partial charge in [0, 0.05) is 30.6 Å². The van der Waals surface area contributed by atoms with Crippen LogP contribution in [0.3, 0.4) is 0 Å². The Morgan fingerprint density at radius 1 is 1.14 bits per heavy atom. The van der Waals surface area contributed by atoms with Gasteiger partial charge < -0.3 is 4.90 Å². The van der Waals surface area contributed by atoms with Crippen LogP contribution in [0.25, 0.3) is 10.9 Å². The fraction of sp³-hybridized carbons (Fsp3) is 0.222. The summed E-state index contributed by atoms with van der Waals surface area (Å²) in [5.74, 6) is 0.421. The number of hydrogen-bond donors (Lipinski definition) is 0. The third-order valence-electron chi connectivity index (χ3n) is 4.30. The number of fused-ring (bicyclic) bond motifs is 2. The molecule has 3 nitrogen and oxygen atoms in total. The average Bonchev–Trinajstić information content (AvgIpc) is 2.53. The molecule has 3 heteroatoms. The largest absolute Gasteiger partial charge is 0.301 e. The summed E-state index contributed by atoms with van der Waals surface area (Å²) < 4.78 is 0. The van der Waals surface area contributed by atoms with E-state index in [1.165, 1.54) is 16.7 Å². The van der Waals surface area contributed by atoms with Crippen LogP contribution in [0, 0.1) is 0 Å². The summed E-state index contributed by atoms with van der Waals surface area (Å²) in [5.41, 5.74) is 5.23. The van der Waals surface area contributed by atoms with Crippen molar-refractivity contribution in [3.8, 4) is 0 Å². The Kier molecular flexibility index (Phi) is 2.93. The van der Waals surface area contributed by atoms with E-state index in [0.717, 1.165) is 24.0 Å². The van der Waals surface area contributed by atoms with E-state index in [1.807, 2.05) is 6.20 Å². The third kappa shape index (κ3) is 2.20. The Labute approximate surface area is 124 Å². The number of aromatic nitrogens is 2. The van der Waals surface area contributed by atoms with E-state index in [1.54, 1.807) is 6.33 Å². The highest BCUT2D eigenvalue weighted by Gasteiger charge is 2.24. The van der Waals surface area contributed by atoms with Gasteiger partial charge in [-0.05, 0) is 35.9 Å². The number of rotatable bonds is 1.